The summed E-state index contributed by atoms with van der Waals surface area (Å²) >= 11 is 15.2. The van der Waals surface area contributed by atoms with Crippen molar-refractivity contribution in [2.24, 2.45) is 0 Å². The minimum atomic E-state index is -0.601. The number of nitrogens with zero attached hydrogens (tertiary/aromatic N) is 2. The van der Waals surface area contributed by atoms with Gasteiger partial charge in [-0.15, -0.1) is 23.1 Å². The van der Waals surface area contributed by atoms with E-state index in [-0.39, 0.29) is 17.3 Å². The van der Waals surface area contributed by atoms with Crippen LogP contribution in [0.1, 0.15) is 22.8 Å². The Balaban J connectivity index is 1.23. The van der Waals surface area contributed by atoms with E-state index in [0.717, 1.165) is 4.90 Å². The number of thiazole rings is 1. The maximum atomic E-state index is 13.4. The van der Waals surface area contributed by atoms with Crippen LogP contribution in [0.15, 0.2) is 113 Å². The molecule has 0 aliphatic carbocycles. The Hall–Kier alpha value is -5.01. The fraction of sp³-hybridized carbons (Fsp3) is 0.0588. The summed E-state index contributed by atoms with van der Waals surface area (Å²) < 4.78 is 0. The molecule has 0 fully saturated rings. The van der Waals surface area contributed by atoms with E-state index in [1.165, 1.54) is 41.3 Å². The number of aromatic nitrogens is 1. The van der Waals surface area contributed by atoms with Crippen LogP contribution in [0.5, 0.6) is 0 Å². The molecule has 1 atom stereocenters. The van der Waals surface area contributed by atoms with Crippen molar-refractivity contribution in [3.05, 3.63) is 139 Å². The van der Waals surface area contributed by atoms with E-state index < -0.39 is 22.0 Å². The van der Waals surface area contributed by atoms with E-state index in [0.29, 0.717) is 43.2 Å². The van der Waals surface area contributed by atoms with Crippen LogP contribution in [0.2, 0.25) is 10.0 Å². The molecule has 4 aromatic carbocycles. The first-order chi connectivity index (χ1) is 23.1. The quantitative estimate of drug-likeness (QED) is 0.0538. The van der Waals surface area contributed by atoms with Gasteiger partial charge in [0.25, 0.3) is 17.5 Å². The number of non-ortho nitro benzene ring substituents is 1. The van der Waals surface area contributed by atoms with Crippen molar-refractivity contribution in [3.8, 4) is 11.3 Å². The van der Waals surface area contributed by atoms with Crippen molar-refractivity contribution in [1.82, 2.24) is 10.3 Å². The van der Waals surface area contributed by atoms with Crippen LogP contribution in [0.3, 0.4) is 0 Å². The van der Waals surface area contributed by atoms with Crippen molar-refractivity contribution in [3.63, 3.8) is 0 Å². The van der Waals surface area contributed by atoms with Crippen LogP contribution in [0.4, 0.5) is 16.5 Å². The van der Waals surface area contributed by atoms with Crippen LogP contribution in [-0.2, 0) is 9.59 Å². The lowest BCUT2D eigenvalue weighted by Crippen LogP contribution is -2.30. The lowest BCUT2D eigenvalue weighted by molar-refractivity contribution is -0.384. The molecule has 0 radical (unpaired) electrons. The second-order valence-electron chi connectivity index (χ2n) is 10.1. The van der Waals surface area contributed by atoms with Gasteiger partial charge in [-0.2, -0.15) is 0 Å². The van der Waals surface area contributed by atoms with Gasteiger partial charge in [0.1, 0.15) is 5.70 Å². The number of rotatable bonds is 11. The molecule has 10 nitrogen and oxygen atoms in total. The molecule has 0 aliphatic rings. The molecular formula is C34H25Cl2N5O5S2. The van der Waals surface area contributed by atoms with Gasteiger partial charge in [-0.3, -0.25) is 24.5 Å². The number of thioether (sulfide) groups is 1. The number of nitro groups is 1. The van der Waals surface area contributed by atoms with Crippen LogP contribution < -0.4 is 16.0 Å². The van der Waals surface area contributed by atoms with E-state index >= 15 is 0 Å². The van der Waals surface area contributed by atoms with Gasteiger partial charge in [-0.25, -0.2) is 4.98 Å². The highest BCUT2D eigenvalue weighted by Gasteiger charge is 2.19. The van der Waals surface area contributed by atoms with Crippen molar-refractivity contribution in [1.29, 1.82) is 0 Å². The number of nitro benzene ring substituents is 1. The fourth-order valence-electron chi connectivity index (χ4n) is 4.26. The molecule has 0 saturated carbocycles. The number of hydrogen-bond acceptors (Lipinski definition) is 8. The molecule has 0 bridgehead atoms. The first kappa shape index (κ1) is 34.3. The Morgan fingerprint density at radius 2 is 1.60 bits per heavy atom. The van der Waals surface area contributed by atoms with E-state index in [4.69, 9.17) is 23.2 Å². The van der Waals surface area contributed by atoms with Gasteiger partial charge in [-0.05, 0) is 61.5 Å². The van der Waals surface area contributed by atoms with Crippen LogP contribution in [0, 0.1) is 10.1 Å². The molecule has 242 valence electrons. The van der Waals surface area contributed by atoms with Crippen molar-refractivity contribution < 1.29 is 19.3 Å². The molecule has 14 heteroatoms. The molecule has 0 saturated heterocycles. The van der Waals surface area contributed by atoms with E-state index in [1.807, 2.05) is 0 Å². The highest BCUT2D eigenvalue weighted by Crippen LogP contribution is 2.30. The summed E-state index contributed by atoms with van der Waals surface area (Å²) in [7, 11) is 0. The molecule has 1 heterocycles. The van der Waals surface area contributed by atoms with Gasteiger partial charge < -0.3 is 16.0 Å². The summed E-state index contributed by atoms with van der Waals surface area (Å²) in [6, 6.07) is 26.4. The molecule has 0 aliphatic heterocycles. The first-order valence-corrected chi connectivity index (χ1v) is 16.7. The molecule has 48 heavy (non-hydrogen) atoms. The Labute approximate surface area is 293 Å². The van der Waals surface area contributed by atoms with Gasteiger partial charge in [0, 0.05) is 54.8 Å². The molecule has 1 unspecified atom stereocenters. The molecule has 1 aromatic heterocycles. The van der Waals surface area contributed by atoms with Gasteiger partial charge >= 0.3 is 0 Å². The zero-order valence-electron chi connectivity index (χ0n) is 25.0. The average molecular weight is 719 g/mol. The summed E-state index contributed by atoms with van der Waals surface area (Å²) in [6.07, 6.45) is 1.42. The summed E-state index contributed by atoms with van der Waals surface area (Å²) in [6.45, 7) is 1.75. The van der Waals surface area contributed by atoms with E-state index in [9.17, 15) is 24.5 Å². The molecule has 3 N–H and O–H groups in total. The van der Waals surface area contributed by atoms with E-state index in [2.05, 4.69) is 20.9 Å². The average Bonchev–Trinajstić information content (AvgIpc) is 3.55. The zero-order chi connectivity index (χ0) is 34.2. The third kappa shape index (κ3) is 8.87. The monoisotopic (exact) mass is 717 g/mol. The topological polar surface area (TPSA) is 143 Å². The summed E-state index contributed by atoms with van der Waals surface area (Å²) in [5.74, 6) is -1.37. The summed E-state index contributed by atoms with van der Waals surface area (Å²) in [5, 5.41) is 21.5. The Kier molecular flexibility index (Phi) is 11.2. The second kappa shape index (κ2) is 15.7. The van der Waals surface area contributed by atoms with Crippen molar-refractivity contribution >= 4 is 86.6 Å². The fourth-order valence-corrected chi connectivity index (χ4v) is 6.35. The zero-order valence-corrected chi connectivity index (χ0v) is 28.1. The summed E-state index contributed by atoms with van der Waals surface area (Å²) in [5.41, 5.74) is 2.15. The normalized spacial score (nSPS) is 11.8. The van der Waals surface area contributed by atoms with Crippen LogP contribution in [-0.4, -0.2) is 32.9 Å². The Morgan fingerprint density at radius 1 is 0.917 bits per heavy atom. The largest absolute Gasteiger partial charge is 0.321 e. The number of carbonyl (C=O) groups is 3. The second-order valence-corrected chi connectivity index (χ2v) is 13.2. The SMILES string of the molecule is CC(Sc1ccc(NC(=O)/C(=C/c2c(Cl)cccc2Cl)NC(=O)c2ccccc2)cc1)C(=O)Nc1nc(-c2cccc([N+](=O)[O-])c2)cs1. The maximum Gasteiger partial charge on any atom is 0.272 e. The lowest BCUT2D eigenvalue weighted by atomic mass is 10.1. The maximum absolute atomic E-state index is 13.4. The third-order valence-corrected chi connectivity index (χ3v) is 9.23. The van der Waals surface area contributed by atoms with Crippen molar-refractivity contribution in [2.45, 2.75) is 17.1 Å². The summed E-state index contributed by atoms with van der Waals surface area (Å²) in [4.78, 5) is 55.0. The smallest absolute Gasteiger partial charge is 0.272 e. The van der Waals surface area contributed by atoms with Gasteiger partial charge in [0.05, 0.1) is 15.9 Å². The molecule has 0 spiro atoms. The molecule has 3 amide bonds. The highest BCUT2D eigenvalue weighted by atomic mass is 35.5. The number of hydrogen-bond donors (Lipinski definition) is 3. The first-order valence-electron chi connectivity index (χ1n) is 14.2. The van der Waals surface area contributed by atoms with Gasteiger partial charge in [-0.1, -0.05) is 59.6 Å². The number of halogens is 2. The molecular weight excluding hydrogens is 693 g/mol. The highest BCUT2D eigenvalue weighted by molar-refractivity contribution is 8.00. The lowest BCUT2D eigenvalue weighted by Gasteiger charge is -2.13. The Morgan fingerprint density at radius 3 is 2.29 bits per heavy atom. The predicted molar refractivity (Wildman–Crippen MR) is 192 cm³/mol. The Bertz CT molecular complexity index is 2000. The van der Waals surface area contributed by atoms with Crippen LogP contribution in [0.25, 0.3) is 17.3 Å². The third-order valence-electron chi connectivity index (χ3n) is 6.70. The van der Waals surface area contributed by atoms with Crippen LogP contribution >= 0.6 is 46.3 Å². The number of carbonyl (C=O) groups excluding carboxylic acids is 3. The number of anilines is 2. The minimum absolute atomic E-state index is 0.0459. The van der Waals surface area contributed by atoms with Crippen molar-refractivity contribution in [2.75, 3.05) is 10.6 Å². The number of nitrogens with one attached hydrogen (secondary N) is 3. The van der Waals surface area contributed by atoms with E-state index in [1.54, 1.807) is 97.2 Å². The van der Waals surface area contributed by atoms with Gasteiger partial charge in [0.15, 0.2) is 5.13 Å². The molecule has 5 aromatic rings. The van der Waals surface area contributed by atoms with Gasteiger partial charge in [0.2, 0.25) is 5.91 Å². The predicted octanol–water partition coefficient (Wildman–Crippen LogP) is 8.55. The standard InChI is InChI=1S/C34H25Cl2N5O5S2/c1-20(31(42)40-34-39-30(19-47-34)22-9-5-10-24(17-22)41(45)46)48-25-15-13-23(14-16-25)37-33(44)29(18-26-27(35)11-6-12-28(26)36)38-32(43)21-7-3-2-4-8-21/h2-20H,1H3,(H,37,44)(H,38,43)(H,39,40,42)/b29-18-. The molecule has 5 rings (SSSR count). The number of amides is 3. The minimum Gasteiger partial charge on any atom is -0.321 e. The number of benzene rings is 4.